The van der Waals surface area contributed by atoms with Gasteiger partial charge in [-0.3, -0.25) is 9.69 Å². The Labute approximate surface area is 201 Å². The molecule has 0 radical (unpaired) electrons. The molecule has 35 heavy (non-hydrogen) atoms. The third-order valence-corrected chi connectivity index (χ3v) is 6.46. The van der Waals surface area contributed by atoms with E-state index in [1.54, 1.807) is 23.1 Å². The number of aromatic nitrogens is 2. The van der Waals surface area contributed by atoms with Gasteiger partial charge in [0.2, 0.25) is 11.7 Å². The molecule has 8 heteroatoms. The van der Waals surface area contributed by atoms with E-state index in [2.05, 4.69) is 34.1 Å². The zero-order chi connectivity index (χ0) is 24.4. The molecule has 0 aliphatic carbocycles. The molecule has 0 atom stereocenters. The van der Waals surface area contributed by atoms with Gasteiger partial charge in [0, 0.05) is 26.2 Å². The predicted molar refractivity (Wildman–Crippen MR) is 128 cm³/mol. The van der Waals surface area contributed by atoms with Gasteiger partial charge in [-0.15, -0.1) is 0 Å². The molecule has 2 heterocycles. The number of nitrogens with zero attached hydrogens (tertiary/aromatic N) is 4. The fourth-order valence-electron chi connectivity index (χ4n) is 4.80. The summed E-state index contributed by atoms with van der Waals surface area (Å²) in [6.07, 6.45) is -4.64. The largest absolute Gasteiger partial charge is 0.449 e. The molecule has 0 spiro atoms. The van der Waals surface area contributed by atoms with E-state index in [0.29, 0.717) is 31.7 Å². The van der Waals surface area contributed by atoms with Crippen LogP contribution in [0.15, 0.2) is 84.9 Å². The van der Waals surface area contributed by atoms with Gasteiger partial charge in [-0.05, 0) is 23.3 Å². The van der Waals surface area contributed by atoms with Crippen LogP contribution in [0.2, 0.25) is 0 Å². The molecule has 1 aromatic heterocycles. The van der Waals surface area contributed by atoms with Crippen LogP contribution >= 0.6 is 0 Å². The molecule has 1 aliphatic heterocycles. The van der Waals surface area contributed by atoms with Gasteiger partial charge in [-0.25, -0.2) is 4.98 Å². The monoisotopic (exact) mass is 478 g/mol. The van der Waals surface area contributed by atoms with E-state index in [0.717, 1.165) is 15.7 Å². The van der Waals surface area contributed by atoms with Crippen molar-refractivity contribution in [3.63, 3.8) is 0 Å². The quantitative estimate of drug-likeness (QED) is 0.406. The van der Waals surface area contributed by atoms with Crippen molar-refractivity contribution in [2.45, 2.75) is 18.8 Å². The lowest BCUT2D eigenvalue weighted by Crippen LogP contribution is -2.50. The molecule has 1 amide bonds. The van der Waals surface area contributed by atoms with Crippen molar-refractivity contribution >= 4 is 16.9 Å². The number of hydrogen-bond donors (Lipinski definition) is 0. The number of halogens is 3. The standard InChI is InChI=1S/C27H25F3N4O/c28-27(29,30)26-31-22-13-7-8-14-23(22)34(26)19-24(35)32-15-17-33(18-16-32)25(20-9-3-1-4-10-20)21-11-5-2-6-12-21/h1-14,25H,15-19H2. The minimum atomic E-state index is -4.64. The highest BCUT2D eigenvalue weighted by Crippen LogP contribution is 2.32. The fourth-order valence-corrected chi connectivity index (χ4v) is 4.80. The number of hydrogen-bond acceptors (Lipinski definition) is 3. The van der Waals surface area contributed by atoms with Crippen LogP contribution < -0.4 is 0 Å². The number of alkyl halides is 3. The summed E-state index contributed by atoms with van der Waals surface area (Å²) in [7, 11) is 0. The van der Waals surface area contributed by atoms with Crippen molar-refractivity contribution in [1.82, 2.24) is 19.4 Å². The van der Waals surface area contributed by atoms with E-state index in [9.17, 15) is 18.0 Å². The second kappa shape index (κ2) is 9.54. The van der Waals surface area contributed by atoms with Gasteiger partial charge in [-0.2, -0.15) is 13.2 Å². The minimum absolute atomic E-state index is 0.0454. The summed E-state index contributed by atoms with van der Waals surface area (Å²) in [5.74, 6) is -1.38. The third kappa shape index (κ3) is 4.79. The molecule has 1 saturated heterocycles. The zero-order valence-electron chi connectivity index (χ0n) is 19.0. The number of imidazole rings is 1. The molecule has 4 aromatic rings. The summed E-state index contributed by atoms with van der Waals surface area (Å²) in [5.41, 5.74) is 2.86. The Morgan fingerprint density at radius 2 is 1.34 bits per heavy atom. The Balaban J connectivity index is 1.33. The highest BCUT2D eigenvalue weighted by molar-refractivity contribution is 5.81. The number of fused-ring (bicyclic) bond motifs is 1. The molecule has 0 N–H and O–H groups in total. The molecule has 1 fully saturated rings. The average molecular weight is 479 g/mol. The van der Waals surface area contributed by atoms with E-state index < -0.39 is 18.5 Å². The average Bonchev–Trinajstić information content (AvgIpc) is 3.25. The first-order chi connectivity index (χ1) is 16.9. The van der Waals surface area contributed by atoms with Crippen molar-refractivity contribution in [2.24, 2.45) is 0 Å². The number of carbonyl (C=O) groups excluding carboxylic acids is 1. The predicted octanol–water partition coefficient (Wildman–Crippen LogP) is 4.99. The van der Waals surface area contributed by atoms with Crippen LogP contribution in [0.1, 0.15) is 23.0 Å². The number of carbonyl (C=O) groups is 1. The molecule has 0 saturated carbocycles. The number of benzene rings is 3. The summed E-state index contributed by atoms with van der Waals surface area (Å²) >= 11 is 0. The first-order valence-electron chi connectivity index (χ1n) is 11.6. The maximum Gasteiger partial charge on any atom is 0.449 e. The Bertz CT molecular complexity index is 1260. The highest BCUT2D eigenvalue weighted by Gasteiger charge is 2.38. The molecule has 3 aromatic carbocycles. The summed E-state index contributed by atoms with van der Waals surface area (Å²) in [5, 5.41) is 0. The van der Waals surface area contributed by atoms with Gasteiger partial charge in [0.1, 0.15) is 6.54 Å². The Kier molecular flexibility index (Phi) is 6.30. The summed E-state index contributed by atoms with van der Waals surface area (Å²) < 4.78 is 41.9. The molecule has 180 valence electrons. The van der Waals surface area contributed by atoms with Gasteiger partial charge >= 0.3 is 6.18 Å². The normalized spacial score (nSPS) is 15.1. The number of para-hydroxylation sites is 2. The van der Waals surface area contributed by atoms with Crippen molar-refractivity contribution in [3.8, 4) is 0 Å². The molecule has 5 nitrogen and oxygen atoms in total. The van der Waals surface area contributed by atoms with E-state index in [1.807, 2.05) is 36.4 Å². The van der Waals surface area contributed by atoms with E-state index in [-0.39, 0.29) is 17.5 Å². The Morgan fingerprint density at radius 1 is 0.800 bits per heavy atom. The van der Waals surface area contributed by atoms with Gasteiger partial charge < -0.3 is 9.47 Å². The lowest BCUT2D eigenvalue weighted by Gasteiger charge is -2.40. The lowest BCUT2D eigenvalue weighted by atomic mass is 9.96. The molecular weight excluding hydrogens is 453 g/mol. The fraction of sp³-hybridized carbons (Fsp3) is 0.259. The van der Waals surface area contributed by atoms with Gasteiger partial charge in [0.15, 0.2) is 0 Å². The second-order valence-corrected chi connectivity index (χ2v) is 8.65. The summed E-state index contributed by atoms with van der Waals surface area (Å²) in [6.45, 7) is 1.75. The first-order valence-corrected chi connectivity index (χ1v) is 11.6. The van der Waals surface area contributed by atoms with Crippen LogP contribution in [0.5, 0.6) is 0 Å². The van der Waals surface area contributed by atoms with Crippen molar-refractivity contribution in [2.75, 3.05) is 26.2 Å². The molecular formula is C27H25F3N4O. The summed E-state index contributed by atoms with van der Waals surface area (Å²) in [6, 6.07) is 26.8. The van der Waals surface area contributed by atoms with Crippen LogP contribution in [0, 0.1) is 0 Å². The van der Waals surface area contributed by atoms with Crippen LogP contribution in [-0.2, 0) is 17.5 Å². The van der Waals surface area contributed by atoms with Gasteiger partial charge in [-0.1, -0.05) is 72.8 Å². The first kappa shape index (κ1) is 23.1. The maximum atomic E-state index is 13.6. The molecule has 0 bridgehead atoms. The van der Waals surface area contributed by atoms with Gasteiger partial charge in [0.25, 0.3) is 0 Å². The van der Waals surface area contributed by atoms with Crippen molar-refractivity contribution in [3.05, 3.63) is 102 Å². The van der Waals surface area contributed by atoms with Gasteiger partial charge in [0.05, 0.1) is 17.1 Å². The zero-order valence-corrected chi connectivity index (χ0v) is 19.0. The van der Waals surface area contributed by atoms with Crippen LogP contribution in [0.4, 0.5) is 13.2 Å². The van der Waals surface area contributed by atoms with Crippen LogP contribution in [-0.4, -0.2) is 51.4 Å². The molecule has 1 aliphatic rings. The maximum absolute atomic E-state index is 13.6. The number of piperazine rings is 1. The SMILES string of the molecule is O=C(Cn1c(C(F)(F)F)nc2ccccc21)N1CCN(C(c2ccccc2)c2ccccc2)CC1. The third-order valence-electron chi connectivity index (χ3n) is 6.46. The van der Waals surface area contributed by atoms with E-state index in [1.165, 1.54) is 6.07 Å². The van der Waals surface area contributed by atoms with Crippen LogP contribution in [0.3, 0.4) is 0 Å². The molecule has 5 rings (SSSR count). The van der Waals surface area contributed by atoms with E-state index >= 15 is 0 Å². The smallest absolute Gasteiger partial charge is 0.339 e. The Hall–Kier alpha value is -3.65. The Morgan fingerprint density at radius 3 is 1.91 bits per heavy atom. The van der Waals surface area contributed by atoms with E-state index in [4.69, 9.17) is 0 Å². The number of amides is 1. The van der Waals surface area contributed by atoms with Crippen molar-refractivity contribution in [1.29, 1.82) is 0 Å². The van der Waals surface area contributed by atoms with Crippen molar-refractivity contribution < 1.29 is 18.0 Å². The molecule has 0 unspecified atom stereocenters. The number of rotatable bonds is 5. The second-order valence-electron chi connectivity index (χ2n) is 8.65. The minimum Gasteiger partial charge on any atom is -0.339 e. The lowest BCUT2D eigenvalue weighted by molar-refractivity contribution is -0.148. The highest BCUT2D eigenvalue weighted by atomic mass is 19.4. The topological polar surface area (TPSA) is 41.4 Å². The summed E-state index contributed by atoms with van der Waals surface area (Å²) in [4.78, 5) is 20.8. The van der Waals surface area contributed by atoms with Crippen LogP contribution in [0.25, 0.3) is 11.0 Å².